The number of furan rings is 1. The molecule has 0 aliphatic rings. The summed E-state index contributed by atoms with van der Waals surface area (Å²) in [7, 11) is 0. The highest BCUT2D eigenvalue weighted by atomic mass is 16.3. The van der Waals surface area contributed by atoms with E-state index < -0.39 is 0 Å². The molecule has 2 nitrogen and oxygen atoms in total. The fraction of sp³-hybridized carbons (Fsp3) is 0.667. The van der Waals surface area contributed by atoms with Gasteiger partial charge >= 0.3 is 0 Å². The van der Waals surface area contributed by atoms with Gasteiger partial charge in [-0.15, -0.1) is 0 Å². The van der Waals surface area contributed by atoms with Crippen LogP contribution in [0.25, 0.3) is 0 Å². The van der Waals surface area contributed by atoms with Crippen LogP contribution >= 0.6 is 0 Å². The predicted molar refractivity (Wildman–Crippen MR) is 59.3 cm³/mol. The Morgan fingerprint density at radius 3 is 2.29 bits per heavy atom. The first kappa shape index (κ1) is 11.3. The van der Waals surface area contributed by atoms with Crippen LogP contribution in [-0.4, -0.2) is 6.04 Å². The molecule has 2 heteroatoms. The van der Waals surface area contributed by atoms with Crippen molar-refractivity contribution >= 4 is 0 Å². The molecule has 1 rings (SSSR count). The maximum absolute atomic E-state index is 5.61. The van der Waals surface area contributed by atoms with Gasteiger partial charge in [0, 0.05) is 12.5 Å². The van der Waals surface area contributed by atoms with Gasteiger partial charge < -0.3 is 9.73 Å². The molecule has 0 unspecified atom stereocenters. The van der Waals surface area contributed by atoms with Crippen LogP contribution in [0.1, 0.15) is 45.1 Å². The fourth-order valence-corrected chi connectivity index (χ4v) is 1.53. The SMILES string of the molecule is CCc1ccc(CNC(CC)CC)o1. The normalized spacial score (nSPS) is 11.1. The molecular formula is C12H21NO. The lowest BCUT2D eigenvalue weighted by atomic mass is 10.2. The number of hydrogen-bond acceptors (Lipinski definition) is 2. The van der Waals surface area contributed by atoms with Crippen LogP contribution in [0.3, 0.4) is 0 Å². The molecule has 0 fully saturated rings. The molecule has 0 saturated heterocycles. The lowest BCUT2D eigenvalue weighted by Crippen LogP contribution is -2.26. The van der Waals surface area contributed by atoms with Gasteiger partial charge in [0.15, 0.2) is 0 Å². The molecular weight excluding hydrogens is 174 g/mol. The highest BCUT2D eigenvalue weighted by Crippen LogP contribution is 2.08. The second-order valence-electron chi connectivity index (χ2n) is 3.62. The van der Waals surface area contributed by atoms with Gasteiger partial charge in [-0.3, -0.25) is 0 Å². The van der Waals surface area contributed by atoms with Gasteiger partial charge in [0.25, 0.3) is 0 Å². The van der Waals surface area contributed by atoms with Crippen LogP contribution in [0.2, 0.25) is 0 Å². The van der Waals surface area contributed by atoms with E-state index >= 15 is 0 Å². The van der Waals surface area contributed by atoms with Gasteiger partial charge in [-0.1, -0.05) is 20.8 Å². The molecule has 1 heterocycles. The fourth-order valence-electron chi connectivity index (χ4n) is 1.53. The molecule has 0 spiro atoms. The molecule has 0 saturated carbocycles. The van der Waals surface area contributed by atoms with Crippen LogP contribution in [0.15, 0.2) is 16.5 Å². The first-order valence-corrected chi connectivity index (χ1v) is 5.61. The topological polar surface area (TPSA) is 25.2 Å². The number of hydrogen-bond donors (Lipinski definition) is 1. The van der Waals surface area contributed by atoms with E-state index in [-0.39, 0.29) is 0 Å². The second kappa shape index (κ2) is 5.86. The molecule has 14 heavy (non-hydrogen) atoms. The Balaban J connectivity index is 2.37. The molecule has 0 aliphatic carbocycles. The molecule has 1 N–H and O–H groups in total. The summed E-state index contributed by atoms with van der Waals surface area (Å²) in [5.74, 6) is 2.13. The largest absolute Gasteiger partial charge is 0.465 e. The third-order valence-corrected chi connectivity index (χ3v) is 2.62. The molecule has 80 valence electrons. The molecule has 0 aliphatic heterocycles. The summed E-state index contributed by atoms with van der Waals surface area (Å²) in [4.78, 5) is 0. The summed E-state index contributed by atoms with van der Waals surface area (Å²) >= 11 is 0. The van der Waals surface area contributed by atoms with Gasteiger partial charge in [0.1, 0.15) is 11.5 Å². The Labute approximate surface area is 86.7 Å². The standard InChI is InChI=1S/C12H21NO/c1-4-10(5-2)13-9-12-8-7-11(6-3)14-12/h7-8,10,13H,4-6,9H2,1-3H3. The van der Waals surface area contributed by atoms with E-state index in [0.29, 0.717) is 6.04 Å². The van der Waals surface area contributed by atoms with Crippen LogP contribution in [-0.2, 0) is 13.0 Å². The second-order valence-corrected chi connectivity index (χ2v) is 3.62. The summed E-state index contributed by atoms with van der Waals surface area (Å²) in [5.41, 5.74) is 0. The van der Waals surface area contributed by atoms with Crippen molar-refractivity contribution in [3.05, 3.63) is 23.7 Å². The Morgan fingerprint density at radius 2 is 1.79 bits per heavy atom. The van der Waals surface area contributed by atoms with E-state index in [0.717, 1.165) is 24.5 Å². The number of nitrogens with one attached hydrogen (secondary N) is 1. The van der Waals surface area contributed by atoms with Gasteiger partial charge in [-0.05, 0) is 25.0 Å². The Bertz CT molecular complexity index is 251. The van der Waals surface area contributed by atoms with E-state index in [9.17, 15) is 0 Å². The molecule has 0 aromatic carbocycles. The molecule has 0 radical (unpaired) electrons. The van der Waals surface area contributed by atoms with Crippen molar-refractivity contribution in [3.8, 4) is 0 Å². The highest BCUT2D eigenvalue weighted by molar-refractivity contribution is 5.06. The summed E-state index contributed by atoms with van der Waals surface area (Å²) in [6.45, 7) is 7.38. The smallest absolute Gasteiger partial charge is 0.117 e. The first-order valence-electron chi connectivity index (χ1n) is 5.61. The summed E-state index contributed by atoms with van der Waals surface area (Å²) in [5, 5.41) is 3.48. The predicted octanol–water partition coefficient (Wildman–Crippen LogP) is 3.12. The molecule has 1 aromatic heterocycles. The lowest BCUT2D eigenvalue weighted by molar-refractivity contribution is 0.414. The van der Waals surface area contributed by atoms with Gasteiger partial charge in [-0.2, -0.15) is 0 Å². The monoisotopic (exact) mass is 195 g/mol. The molecule has 0 bridgehead atoms. The van der Waals surface area contributed by atoms with Crippen molar-refractivity contribution < 1.29 is 4.42 Å². The third-order valence-electron chi connectivity index (χ3n) is 2.62. The van der Waals surface area contributed by atoms with Gasteiger partial charge in [0.2, 0.25) is 0 Å². The number of rotatable bonds is 6. The minimum absolute atomic E-state index is 0.616. The Kier molecular flexibility index (Phi) is 4.74. The zero-order valence-electron chi connectivity index (χ0n) is 9.47. The van der Waals surface area contributed by atoms with Crippen molar-refractivity contribution in [1.82, 2.24) is 5.32 Å². The van der Waals surface area contributed by atoms with Crippen LogP contribution < -0.4 is 5.32 Å². The molecule has 0 amide bonds. The van der Waals surface area contributed by atoms with Crippen molar-refractivity contribution in [2.45, 2.75) is 52.6 Å². The van der Waals surface area contributed by atoms with Gasteiger partial charge in [-0.25, -0.2) is 0 Å². The summed E-state index contributed by atoms with van der Waals surface area (Å²) in [6, 6.07) is 4.74. The lowest BCUT2D eigenvalue weighted by Gasteiger charge is -2.12. The van der Waals surface area contributed by atoms with E-state index in [1.807, 2.05) is 0 Å². The minimum Gasteiger partial charge on any atom is -0.465 e. The third kappa shape index (κ3) is 3.18. The average Bonchev–Trinajstić information content (AvgIpc) is 2.67. The Hall–Kier alpha value is -0.760. The van der Waals surface area contributed by atoms with E-state index in [1.54, 1.807) is 0 Å². The summed E-state index contributed by atoms with van der Waals surface area (Å²) < 4.78 is 5.61. The quantitative estimate of drug-likeness (QED) is 0.754. The van der Waals surface area contributed by atoms with E-state index in [2.05, 4.69) is 38.2 Å². The zero-order chi connectivity index (χ0) is 10.4. The van der Waals surface area contributed by atoms with Crippen molar-refractivity contribution in [2.75, 3.05) is 0 Å². The number of aryl methyl sites for hydroxylation is 1. The first-order chi connectivity index (χ1) is 6.80. The van der Waals surface area contributed by atoms with Gasteiger partial charge in [0.05, 0.1) is 6.54 Å². The summed E-state index contributed by atoms with van der Waals surface area (Å²) in [6.07, 6.45) is 3.33. The van der Waals surface area contributed by atoms with E-state index in [1.165, 1.54) is 12.8 Å². The van der Waals surface area contributed by atoms with Crippen molar-refractivity contribution in [1.29, 1.82) is 0 Å². The molecule has 1 aromatic rings. The molecule has 0 atom stereocenters. The van der Waals surface area contributed by atoms with Crippen LogP contribution in [0.5, 0.6) is 0 Å². The van der Waals surface area contributed by atoms with Crippen molar-refractivity contribution in [3.63, 3.8) is 0 Å². The Morgan fingerprint density at radius 1 is 1.14 bits per heavy atom. The maximum atomic E-state index is 5.61. The van der Waals surface area contributed by atoms with Crippen molar-refractivity contribution in [2.24, 2.45) is 0 Å². The van der Waals surface area contributed by atoms with Crippen LogP contribution in [0, 0.1) is 0 Å². The average molecular weight is 195 g/mol. The van der Waals surface area contributed by atoms with E-state index in [4.69, 9.17) is 4.42 Å². The van der Waals surface area contributed by atoms with Crippen LogP contribution in [0.4, 0.5) is 0 Å². The highest BCUT2D eigenvalue weighted by Gasteiger charge is 2.04. The minimum atomic E-state index is 0.616. The maximum Gasteiger partial charge on any atom is 0.117 e. The zero-order valence-corrected chi connectivity index (χ0v) is 9.47.